The standard InChI is InChI=1S/C17H25NO/c1-13-6-2-3-7-14(13)12-18-16-10-11-19-17-9-5-4-8-15(16)17/h4-5,8-9,13-14,16,18H,2-3,6-7,10-12H2,1H3. The van der Waals surface area contributed by atoms with E-state index in [1.54, 1.807) is 0 Å². The molecular formula is C17H25NO. The van der Waals surface area contributed by atoms with E-state index >= 15 is 0 Å². The van der Waals surface area contributed by atoms with Crippen LogP contribution in [-0.2, 0) is 0 Å². The fourth-order valence-electron chi connectivity index (χ4n) is 3.54. The van der Waals surface area contributed by atoms with Crippen LogP contribution in [-0.4, -0.2) is 13.2 Å². The molecule has 104 valence electrons. The normalized spacial score (nSPS) is 30.5. The van der Waals surface area contributed by atoms with Crippen LogP contribution in [0, 0.1) is 11.8 Å². The van der Waals surface area contributed by atoms with Gasteiger partial charge < -0.3 is 10.1 Å². The number of ether oxygens (including phenoxy) is 1. The molecule has 1 aromatic rings. The molecule has 1 heterocycles. The average molecular weight is 259 g/mol. The van der Waals surface area contributed by atoms with Crippen molar-refractivity contribution < 1.29 is 4.74 Å². The molecule has 3 rings (SSSR count). The van der Waals surface area contributed by atoms with Gasteiger partial charge in [0.2, 0.25) is 0 Å². The minimum Gasteiger partial charge on any atom is -0.493 e. The van der Waals surface area contributed by atoms with Crippen molar-refractivity contribution >= 4 is 0 Å². The number of hydrogen-bond donors (Lipinski definition) is 1. The molecule has 0 amide bonds. The summed E-state index contributed by atoms with van der Waals surface area (Å²) in [5.41, 5.74) is 1.34. The molecule has 0 radical (unpaired) electrons. The molecule has 1 aliphatic heterocycles. The highest BCUT2D eigenvalue weighted by Gasteiger charge is 2.25. The molecular weight excluding hydrogens is 234 g/mol. The molecule has 0 bridgehead atoms. The van der Waals surface area contributed by atoms with Gasteiger partial charge in [0.1, 0.15) is 5.75 Å². The van der Waals surface area contributed by atoms with E-state index in [0.717, 1.165) is 30.6 Å². The van der Waals surface area contributed by atoms with Crippen molar-refractivity contribution in [2.75, 3.05) is 13.2 Å². The summed E-state index contributed by atoms with van der Waals surface area (Å²) in [5.74, 6) is 2.82. The van der Waals surface area contributed by atoms with Crippen LogP contribution in [0.5, 0.6) is 5.75 Å². The molecule has 1 N–H and O–H groups in total. The number of fused-ring (bicyclic) bond motifs is 1. The zero-order valence-electron chi connectivity index (χ0n) is 11.9. The minimum absolute atomic E-state index is 0.485. The highest BCUT2D eigenvalue weighted by molar-refractivity contribution is 5.37. The van der Waals surface area contributed by atoms with Crippen LogP contribution in [0.4, 0.5) is 0 Å². The van der Waals surface area contributed by atoms with Crippen molar-refractivity contribution in [1.29, 1.82) is 0 Å². The smallest absolute Gasteiger partial charge is 0.124 e. The van der Waals surface area contributed by atoms with Crippen molar-refractivity contribution in [3.05, 3.63) is 29.8 Å². The van der Waals surface area contributed by atoms with E-state index in [0.29, 0.717) is 6.04 Å². The Morgan fingerprint density at radius 3 is 2.89 bits per heavy atom. The molecule has 3 atom stereocenters. The van der Waals surface area contributed by atoms with Crippen LogP contribution in [0.2, 0.25) is 0 Å². The summed E-state index contributed by atoms with van der Waals surface area (Å²) in [5, 5.41) is 3.80. The molecule has 2 heteroatoms. The Labute approximate surface area is 116 Å². The van der Waals surface area contributed by atoms with E-state index in [9.17, 15) is 0 Å². The Morgan fingerprint density at radius 2 is 2.00 bits per heavy atom. The van der Waals surface area contributed by atoms with Gasteiger partial charge in [-0.1, -0.05) is 44.4 Å². The van der Waals surface area contributed by atoms with Gasteiger partial charge in [0, 0.05) is 18.0 Å². The maximum Gasteiger partial charge on any atom is 0.124 e. The van der Waals surface area contributed by atoms with E-state index in [4.69, 9.17) is 4.74 Å². The van der Waals surface area contributed by atoms with E-state index in [2.05, 4.69) is 36.5 Å². The predicted octanol–water partition coefficient (Wildman–Crippen LogP) is 3.93. The summed E-state index contributed by atoms with van der Waals surface area (Å²) in [7, 11) is 0. The quantitative estimate of drug-likeness (QED) is 0.888. The molecule has 0 saturated heterocycles. The fourth-order valence-corrected chi connectivity index (χ4v) is 3.54. The van der Waals surface area contributed by atoms with Crippen molar-refractivity contribution in [1.82, 2.24) is 5.32 Å². The molecule has 1 aliphatic carbocycles. The van der Waals surface area contributed by atoms with E-state index in [-0.39, 0.29) is 0 Å². The van der Waals surface area contributed by atoms with E-state index in [1.807, 2.05) is 0 Å². The molecule has 2 aliphatic rings. The van der Waals surface area contributed by atoms with Gasteiger partial charge in [-0.3, -0.25) is 0 Å². The molecule has 1 fully saturated rings. The second kappa shape index (κ2) is 5.96. The zero-order chi connectivity index (χ0) is 13.1. The third-order valence-corrected chi connectivity index (χ3v) is 4.87. The first kappa shape index (κ1) is 13.0. The lowest BCUT2D eigenvalue weighted by Gasteiger charge is -2.32. The third-order valence-electron chi connectivity index (χ3n) is 4.87. The Balaban J connectivity index is 1.61. The summed E-state index contributed by atoms with van der Waals surface area (Å²) in [6, 6.07) is 8.96. The van der Waals surface area contributed by atoms with Gasteiger partial charge in [0.15, 0.2) is 0 Å². The van der Waals surface area contributed by atoms with Gasteiger partial charge in [0.25, 0.3) is 0 Å². The Kier molecular flexibility index (Phi) is 4.07. The number of benzene rings is 1. The van der Waals surface area contributed by atoms with Gasteiger partial charge in [0.05, 0.1) is 6.61 Å². The largest absolute Gasteiger partial charge is 0.493 e. The average Bonchev–Trinajstić information content (AvgIpc) is 2.46. The maximum absolute atomic E-state index is 5.73. The molecule has 0 spiro atoms. The number of hydrogen-bond acceptors (Lipinski definition) is 2. The Hall–Kier alpha value is -1.02. The molecule has 2 nitrogen and oxygen atoms in total. The summed E-state index contributed by atoms with van der Waals surface area (Å²) >= 11 is 0. The van der Waals surface area contributed by atoms with Crippen molar-refractivity contribution in [3.8, 4) is 5.75 Å². The van der Waals surface area contributed by atoms with Crippen LogP contribution >= 0.6 is 0 Å². The maximum atomic E-state index is 5.73. The van der Waals surface area contributed by atoms with E-state index in [1.165, 1.54) is 37.8 Å². The minimum atomic E-state index is 0.485. The monoisotopic (exact) mass is 259 g/mol. The lowest BCUT2D eigenvalue weighted by atomic mass is 9.80. The SMILES string of the molecule is CC1CCCCC1CNC1CCOc2ccccc21. The third kappa shape index (κ3) is 2.94. The highest BCUT2D eigenvalue weighted by Crippen LogP contribution is 2.33. The first-order valence-electron chi connectivity index (χ1n) is 7.79. The topological polar surface area (TPSA) is 21.3 Å². The number of rotatable bonds is 3. The highest BCUT2D eigenvalue weighted by atomic mass is 16.5. The van der Waals surface area contributed by atoms with Gasteiger partial charge >= 0.3 is 0 Å². The second-order valence-electron chi connectivity index (χ2n) is 6.16. The van der Waals surface area contributed by atoms with Gasteiger partial charge in [-0.25, -0.2) is 0 Å². The summed E-state index contributed by atoms with van der Waals surface area (Å²) in [4.78, 5) is 0. The Morgan fingerprint density at radius 1 is 1.16 bits per heavy atom. The van der Waals surface area contributed by atoms with Crippen LogP contribution in [0.25, 0.3) is 0 Å². The van der Waals surface area contributed by atoms with Crippen LogP contribution in [0.3, 0.4) is 0 Å². The van der Waals surface area contributed by atoms with Crippen molar-refractivity contribution in [3.63, 3.8) is 0 Å². The molecule has 1 saturated carbocycles. The molecule has 3 unspecified atom stereocenters. The zero-order valence-corrected chi connectivity index (χ0v) is 11.9. The summed E-state index contributed by atoms with van der Waals surface area (Å²) in [6.07, 6.45) is 6.76. The number of nitrogens with one attached hydrogen (secondary N) is 1. The first-order chi connectivity index (χ1) is 9.34. The van der Waals surface area contributed by atoms with Crippen LogP contribution in [0.15, 0.2) is 24.3 Å². The lowest BCUT2D eigenvalue weighted by molar-refractivity contribution is 0.216. The molecule has 1 aromatic carbocycles. The van der Waals surface area contributed by atoms with Crippen LogP contribution < -0.4 is 10.1 Å². The van der Waals surface area contributed by atoms with E-state index < -0.39 is 0 Å². The lowest BCUT2D eigenvalue weighted by Crippen LogP contribution is -2.34. The second-order valence-corrected chi connectivity index (χ2v) is 6.16. The fraction of sp³-hybridized carbons (Fsp3) is 0.647. The van der Waals surface area contributed by atoms with Gasteiger partial charge in [-0.05, 0) is 30.9 Å². The summed E-state index contributed by atoms with van der Waals surface area (Å²) < 4.78 is 5.73. The van der Waals surface area contributed by atoms with Gasteiger partial charge in [-0.15, -0.1) is 0 Å². The van der Waals surface area contributed by atoms with Crippen molar-refractivity contribution in [2.45, 2.75) is 45.1 Å². The molecule has 19 heavy (non-hydrogen) atoms. The summed E-state index contributed by atoms with van der Waals surface area (Å²) in [6.45, 7) is 4.43. The Bertz CT molecular complexity index is 417. The predicted molar refractivity (Wildman–Crippen MR) is 78.4 cm³/mol. The van der Waals surface area contributed by atoms with Crippen molar-refractivity contribution in [2.24, 2.45) is 11.8 Å². The first-order valence-corrected chi connectivity index (χ1v) is 7.79. The van der Waals surface area contributed by atoms with Gasteiger partial charge in [-0.2, -0.15) is 0 Å². The van der Waals surface area contributed by atoms with Crippen LogP contribution in [0.1, 0.15) is 50.6 Å². The molecule has 0 aromatic heterocycles. The number of para-hydroxylation sites is 1.